The van der Waals surface area contributed by atoms with Gasteiger partial charge in [0.25, 0.3) is 0 Å². The highest BCUT2D eigenvalue weighted by molar-refractivity contribution is 6.30. The Hall–Kier alpha value is -0.570. The van der Waals surface area contributed by atoms with Gasteiger partial charge in [0.1, 0.15) is 0 Å². The summed E-state index contributed by atoms with van der Waals surface area (Å²) in [5.41, 5.74) is 0.384. The average molecular weight is 266 g/mol. The Bertz CT molecular complexity index is 433. The van der Waals surface area contributed by atoms with E-state index in [0.29, 0.717) is 12.0 Å². The van der Waals surface area contributed by atoms with Crippen LogP contribution in [0.1, 0.15) is 31.2 Å². The second kappa shape index (κ2) is 4.52. The lowest BCUT2D eigenvalue weighted by Crippen LogP contribution is -2.46. The first-order valence-corrected chi connectivity index (χ1v) is 7.18. The molecule has 0 aromatic heterocycles. The maximum Gasteiger partial charge on any atom is 0.0940 e. The van der Waals surface area contributed by atoms with E-state index in [2.05, 4.69) is 11.9 Å². The Morgan fingerprint density at radius 3 is 2.72 bits per heavy atom. The summed E-state index contributed by atoms with van der Waals surface area (Å²) in [7, 11) is 2.18. The molecule has 1 aromatic carbocycles. The molecule has 1 N–H and O–H groups in total. The fourth-order valence-corrected chi connectivity index (χ4v) is 3.98. The van der Waals surface area contributed by atoms with Crippen molar-refractivity contribution < 1.29 is 5.11 Å². The largest absolute Gasteiger partial charge is 0.385 e. The van der Waals surface area contributed by atoms with Gasteiger partial charge >= 0.3 is 0 Å². The number of benzene rings is 1. The molecule has 2 nitrogen and oxygen atoms in total. The highest BCUT2D eigenvalue weighted by atomic mass is 35.5. The number of hydrogen-bond acceptors (Lipinski definition) is 2. The van der Waals surface area contributed by atoms with Crippen LogP contribution in [0.5, 0.6) is 0 Å². The third-order valence-electron chi connectivity index (χ3n) is 4.84. The summed E-state index contributed by atoms with van der Waals surface area (Å²) in [6, 6.07) is 8.29. The summed E-state index contributed by atoms with van der Waals surface area (Å²) >= 11 is 5.94. The molecule has 0 radical (unpaired) electrons. The van der Waals surface area contributed by atoms with Crippen LogP contribution in [0.3, 0.4) is 0 Å². The molecule has 3 unspecified atom stereocenters. The number of halogens is 1. The predicted octanol–water partition coefficient (Wildman–Crippen LogP) is 3.03. The molecular formula is C15H20ClNO. The molecule has 98 valence electrons. The van der Waals surface area contributed by atoms with Gasteiger partial charge in [0, 0.05) is 17.0 Å². The van der Waals surface area contributed by atoms with Crippen molar-refractivity contribution >= 4 is 11.6 Å². The number of nitrogens with zero attached hydrogens (tertiary/aromatic N) is 1. The summed E-state index contributed by atoms with van der Waals surface area (Å²) in [6.45, 7) is 1.10. The van der Waals surface area contributed by atoms with Crippen LogP contribution >= 0.6 is 11.6 Å². The number of fused-ring (bicyclic) bond motifs is 1. The lowest BCUT2D eigenvalue weighted by molar-refractivity contribution is -0.0664. The number of hydrogen-bond donors (Lipinski definition) is 1. The van der Waals surface area contributed by atoms with E-state index in [9.17, 15) is 5.11 Å². The molecule has 0 bridgehead atoms. The fraction of sp³-hybridized carbons (Fsp3) is 0.600. The van der Waals surface area contributed by atoms with Crippen LogP contribution in [0.2, 0.25) is 5.02 Å². The maximum absolute atomic E-state index is 11.2. The highest BCUT2D eigenvalue weighted by Crippen LogP contribution is 2.47. The van der Waals surface area contributed by atoms with Crippen molar-refractivity contribution in [1.29, 1.82) is 0 Å². The Balaban J connectivity index is 1.95. The van der Waals surface area contributed by atoms with Crippen molar-refractivity contribution in [2.75, 3.05) is 13.6 Å². The maximum atomic E-state index is 11.2. The third-order valence-corrected chi connectivity index (χ3v) is 5.09. The monoisotopic (exact) mass is 265 g/mol. The van der Waals surface area contributed by atoms with Crippen molar-refractivity contribution in [3.05, 3.63) is 34.9 Å². The Morgan fingerprint density at radius 2 is 2.00 bits per heavy atom. The minimum absolute atomic E-state index is 0.373. The zero-order valence-corrected chi connectivity index (χ0v) is 11.5. The van der Waals surface area contributed by atoms with Crippen LogP contribution in [0, 0.1) is 5.92 Å². The van der Waals surface area contributed by atoms with Gasteiger partial charge in [0.15, 0.2) is 0 Å². The van der Waals surface area contributed by atoms with Crippen LogP contribution < -0.4 is 0 Å². The van der Waals surface area contributed by atoms with E-state index in [4.69, 9.17) is 11.6 Å². The number of aliphatic hydroxyl groups is 1. The molecular weight excluding hydrogens is 246 g/mol. The molecule has 2 aliphatic rings. The molecule has 1 aliphatic carbocycles. The van der Waals surface area contributed by atoms with Crippen LogP contribution in [0.4, 0.5) is 0 Å². The zero-order chi connectivity index (χ0) is 12.8. The summed E-state index contributed by atoms with van der Waals surface area (Å²) in [4.78, 5) is 2.41. The van der Waals surface area contributed by atoms with Crippen LogP contribution in [0.25, 0.3) is 0 Å². The molecule has 3 heteroatoms. The normalized spacial score (nSPS) is 36.6. The van der Waals surface area contributed by atoms with Gasteiger partial charge in [-0.25, -0.2) is 0 Å². The number of rotatable bonds is 1. The first-order valence-electron chi connectivity index (χ1n) is 6.80. The molecule has 2 fully saturated rings. The van der Waals surface area contributed by atoms with E-state index in [1.807, 2.05) is 24.3 Å². The van der Waals surface area contributed by atoms with E-state index in [-0.39, 0.29) is 0 Å². The molecule has 1 heterocycles. The van der Waals surface area contributed by atoms with Crippen molar-refractivity contribution in [3.63, 3.8) is 0 Å². The Morgan fingerprint density at radius 1 is 1.28 bits per heavy atom. The molecule has 1 saturated heterocycles. The second-order valence-electron chi connectivity index (χ2n) is 5.77. The van der Waals surface area contributed by atoms with Crippen LogP contribution in [-0.2, 0) is 5.60 Å². The van der Waals surface area contributed by atoms with E-state index < -0.39 is 5.60 Å². The fourth-order valence-electron chi connectivity index (χ4n) is 3.85. The lowest BCUT2D eigenvalue weighted by atomic mass is 9.69. The minimum Gasteiger partial charge on any atom is -0.385 e. The van der Waals surface area contributed by atoms with Gasteiger partial charge in [0.05, 0.1) is 5.60 Å². The van der Waals surface area contributed by atoms with Gasteiger partial charge in [-0.15, -0.1) is 0 Å². The van der Waals surface area contributed by atoms with Crippen molar-refractivity contribution in [3.8, 4) is 0 Å². The summed E-state index contributed by atoms with van der Waals surface area (Å²) < 4.78 is 0. The first kappa shape index (κ1) is 12.5. The van der Waals surface area contributed by atoms with Crippen molar-refractivity contribution in [2.24, 2.45) is 5.92 Å². The zero-order valence-electron chi connectivity index (χ0n) is 10.8. The van der Waals surface area contributed by atoms with Gasteiger partial charge in [-0.2, -0.15) is 0 Å². The third kappa shape index (κ3) is 1.87. The van der Waals surface area contributed by atoms with Crippen molar-refractivity contribution in [1.82, 2.24) is 4.90 Å². The molecule has 1 aliphatic heterocycles. The van der Waals surface area contributed by atoms with Crippen LogP contribution in [-0.4, -0.2) is 29.6 Å². The SMILES string of the molecule is CN1CCC2C1CCCC2(O)c1ccc(Cl)cc1. The topological polar surface area (TPSA) is 23.5 Å². The highest BCUT2D eigenvalue weighted by Gasteiger charge is 2.49. The summed E-state index contributed by atoms with van der Waals surface area (Å²) in [6.07, 6.45) is 4.30. The molecule has 3 atom stereocenters. The van der Waals surface area contributed by atoms with Gasteiger partial charge in [-0.1, -0.05) is 23.7 Å². The molecule has 1 aromatic rings. The predicted molar refractivity (Wildman–Crippen MR) is 73.7 cm³/mol. The molecule has 18 heavy (non-hydrogen) atoms. The number of likely N-dealkylation sites (tertiary alicyclic amines) is 1. The van der Waals surface area contributed by atoms with Crippen LogP contribution in [0.15, 0.2) is 24.3 Å². The second-order valence-corrected chi connectivity index (χ2v) is 6.20. The summed E-state index contributed by atoms with van der Waals surface area (Å²) in [5.74, 6) is 0.373. The Kier molecular flexibility index (Phi) is 3.13. The van der Waals surface area contributed by atoms with Gasteiger partial charge in [0.2, 0.25) is 0 Å². The average Bonchev–Trinajstić information content (AvgIpc) is 2.74. The van der Waals surface area contributed by atoms with E-state index >= 15 is 0 Å². The van der Waals surface area contributed by atoms with E-state index in [1.54, 1.807) is 0 Å². The Labute approximate surface area is 114 Å². The quantitative estimate of drug-likeness (QED) is 0.844. The van der Waals surface area contributed by atoms with E-state index in [1.165, 1.54) is 6.42 Å². The van der Waals surface area contributed by atoms with Crippen molar-refractivity contribution in [2.45, 2.75) is 37.3 Å². The lowest BCUT2D eigenvalue weighted by Gasteiger charge is -2.43. The summed E-state index contributed by atoms with van der Waals surface area (Å²) in [5, 5.41) is 11.9. The van der Waals surface area contributed by atoms with Gasteiger partial charge < -0.3 is 10.0 Å². The smallest absolute Gasteiger partial charge is 0.0940 e. The van der Waals surface area contributed by atoms with Gasteiger partial charge in [-0.05, 0) is 57.0 Å². The van der Waals surface area contributed by atoms with Gasteiger partial charge in [-0.3, -0.25) is 0 Å². The first-order chi connectivity index (χ1) is 8.61. The standard InChI is InChI=1S/C15H20ClNO/c1-17-10-8-13-14(17)3-2-9-15(13,18)11-4-6-12(16)7-5-11/h4-7,13-14,18H,2-3,8-10H2,1H3. The molecule has 0 amide bonds. The minimum atomic E-state index is -0.654. The van der Waals surface area contributed by atoms with E-state index in [0.717, 1.165) is 36.4 Å². The molecule has 3 rings (SSSR count). The molecule has 1 saturated carbocycles. The molecule has 0 spiro atoms.